The monoisotopic (exact) mass is 279 g/mol. The van der Waals surface area contributed by atoms with Crippen LogP contribution in [-0.4, -0.2) is 41.1 Å². The zero-order chi connectivity index (χ0) is 15.3. The number of rotatable bonds is 5. The summed E-state index contributed by atoms with van der Waals surface area (Å²) in [6.45, 7) is 5.17. The molecule has 1 N–H and O–H groups in total. The zero-order valence-electron chi connectivity index (χ0n) is 12.3. The van der Waals surface area contributed by atoms with E-state index in [0.29, 0.717) is 0 Å². The Morgan fingerprint density at radius 1 is 1.20 bits per heavy atom. The van der Waals surface area contributed by atoms with E-state index in [-0.39, 0.29) is 18.9 Å². The highest BCUT2D eigenvalue weighted by Crippen LogP contribution is 2.17. The van der Waals surface area contributed by atoms with Crippen LogP contribution in [0.4, 0.5) is 0 Å². The van der Waals surface area contributed by atoms with Gasteiger partial charge in [-0.05, 0) is 38.5 Å². The van der Waals surface area contributed by atoms with Crippen molar-refractivity contribution in [1.29, 1.82) is 0 Å². The van der Waals surface area contributed by atoms with E-state index in [1.165, 1.54) is 4.90 Å². The fraction of sp³-hybridized carbons (Fsp3) is 0.467. The van der Waals surface area contributed by atoms with E-state index in [4.69, 9.17) is 9.84 Å². The molecule has 0 aliphatic carbocycles. The largest absolute Gasteiger partial charge is 0.497 e. The summed E-state index contributed by atoms with van der Waals surface area (Å²) in [5, 5.41) is 8.92. The maximum Gasteiger partial charge on any atom is 0.323 e. The fourth-order valence-corrected chi connectivity index (χ4v) is 1.85. The normalized spacial score (nSPS) is 11.0. The van der Waals surface area contributed by atoms with Crippen LogP contribution < -0.4 is 4.74 Å². The van der Waals surface area contributed by atoms with Gasteiger partial charge < -0.3 is 14.7 Å². The van der Waals surface area contributed by atoms with E-state index in [1.807, 2.05) is 20.8 Å². The maximum atomic E-state index is 12.3. The lowest BCUT2D eigenvalue weighted by Gasteiger charge is -2.34. The average Bonchev–Trinajstić information content (AvgIpc) is 2.35. The van der Waals surface area contributed by atoms with E-state index in [1.54, 1.807) is 31.4 Å². The van der Waals surface area contributed by atoms with Crippen LogP contribution in [0.25, 0.3) is 0 Å². The van der Waals surface area contributed by atoms with Gasteiger partial charge in [0, 0.05) is 5.54 Å². The van der Waals surface area contributed by atoms with Crippen LogP contribution in [0.15, 0.2) is 24.3 Å². The standard InChI is InChI=1S/C15H21NO4/c1-15(2,3)16(10-14(18)19)13(17)9-11-5-7-12(20-4)8-6-11/h5-8H,9-10H2,1-4H3,(H,18,19). The quantitative estimate of drug-likeness (QED) is 0.894. The predicted molar refractivity (Wildman–Crippen MR) is 75.8 cm³/mol. The van der Waals surface area contributed by atoms with E-state index in [2.05, 4.69) is 0 Å². The van der Waals surface area contributed by atoms with Crippen LogP contribution in [0.5, 0.6) is 5.75 Å². The number of benzene rings is 1. The number of hydrogen-bond donors (Lipinski definition) is 1. The van der Waals surface area contributed by atoms with Crippen LogP contribution in [0.1, 0.15) is 26.3 Å². The summed E-state index contributed by atoms with van der Waals surface area (Å²) in [7, 11) is 1.58. The molecule has 0 bridgehead atoms. The number of methoxy groups -OCH3 is 1. The minimum Gasteiger partial charge on any atom is -0.497 e. The molecule has 20 heavy (non-hydrogen) atoms. The highest BCUT2D eigenvalue weighted by molar-refractivity contribution is 5.83. The molecular weight excluding hydrogens is 258 g/mol. The van der Waals surface area contributed by atoms with E-state index in [0.717, 1.165) is 11.3 Å². The first-order valence-corrected chi connectivity index (χ1v) is 6.39. The number of amides is 1. The SMILES string of the molecule is COc1ccc(CC(=O)N(CC(=O)O)C(C)(C)C)cc1. The first-order chi connectivity index (χ1) is 9.24. The number of aliphatic carboxylic acids is 1. The van der Waals surface area contributed by atoms with Crippen molar-refractivity contribution >= 4 is 11.9 Å². The maximum absolute atomic E-state index is 12.3. The van der Waals surface area contributed by atoms with Crippen molar-refractivity contribution < 1.29 is 19.4 Å². The molecule has 1 rings (SSSR count). The van der Waals surface area contributed by atoms with Crippen LogP contribution >= 0.6 is 0 Å². The molecule has 1 aromatic carbocycles. The molecule has 5 heteroatoms. The van der Waals surface area contributed by atoms with Gasteiger partial charge >= 0.3 is 5.97 Å². The van der Waals surface area contributed by atoms with Gasteiger partial charge in [-0.25, -0.2) is 0 Å². The number of carboxylic acid groups (broad SMARTS) is 1. The molecule has 0 fully saturated rings. The van der Waals surface area contributed by atoms with E-state index in [9.17, 15) is 9.59 Å². The second-order valence-electron chi connectivity index (χ2n) is 5.57. The lowest BCUT2D eigenvalue weighted by molar-refractivity contribution is -0.147. The molecule has 0 unspecified atom stereocenters. The Morgan fingerprint density at radius 3 is 2.15 bits per heavy atom. The van der Waals surface area contributed by atoms with Crippen LogP contribution in [0, 0.1) is 0 Å². The Hall–Kier alpha value is -2.04. The Morgan fingerprint density at radius 2 is 1.75 bits per heavy atom. The van der Waals surface area contributed by atoms with Crippen molar-refractivity contribution in [3.8, 4) is 5.75 Å². The van der Waals surface area contributed by atoms with Crippen molar-refractivity contribution in [1.82, 2.24) is 4.90 Å². The van der Waals surface area contributed by atoms with Gasteiger partial charge in [0.2, 0.25) is 5.91 Å². The molecule has 0 aliphatic heterocycles. The fourth-order valence-electron chi connectivity index (χ4n) is 1.85. The minimum absolute atomic E-state index is 0.175. The molecule has 1 amide bonds. The molecule has 110 valence electrons. The Balaban J connectivity index is 2.82. The zero-order valence-corrected chi connectivity index (χ0v) is 12.3. The van der Waals surface area contributed by atoms with E-state index < -0.39 is 11.5 Å². The summed E-state index contributed by atoms with van der Waals surface area (Å²) in [6, 6.07) is 7.17. The number of carbonyl (C=O) groups is 2. The molecule has 0 aromatic heterocycles. The van der Waals surface area contributed by atoms with Crippen molar-refractivity contribution in [3.05, 3.63) is 29.8 Å². The molecule has 0 heterocycles. The molecule has 0 saturated heterocycles. The Labute approximate surface area is 119 Å². The Kier molecular flexibility index (Phi) is 5.13. The second kappa shape index (κ2) is 6.41. The molecule has 5 nitrogen and oxygen atoms in total. The summed E-state index contributed by atoms with van der Waals surface area (Å²) >= 11 is 0. The highest BCUT2D eigenvalue weighted by atomic mass is 16.5. The van der Waals surface area contributed by atoms with Gasteiger partial charge in [0.05, 0.1) is 13.5 Å². The highest BCUT2D eigenvalue weighted by Gasteiger charge is 2.28. The van der Waals surface area contributed by atoms with Crippen molar-refractivity contribution in [2.75, 3.05) is 13.7 Å². The van der Waals surface area contributed by atoms with Gasteiger partial charge in [-0.15, -0.1) is 0 Å². The molecular formula is C15H21NO4. The lowest BCUT2D eigenvalue weighted by Crippen LogP contribution is -2.48. The lowest BCUT2D eigenvalue weighted by atomic mass is 10.0. The van der Waals surface area contributed by atoms with Gasteiger partial charge in [0.25, 0.3) is 0 Å². The summed E-state index contributed by atoms with van der Waals surface area (Å²) in [5.41, 5.74) is 0.303. The smallest absolute Gasteiger partial charge is 0.323 e. The van der Waals surface area contributed by atoms with Gasteiger partial charge in [-0.1, -0.05) is 12.1 Å². The molecule has 0 spiro atoms. The van der Waals surface area contributed by atoms with Crippen LogP contribution in [0.2, 0.25) is 0 Å². The van der Waals surface area contributed by atoms with Crippen molar-refractivity contribution in [3.63, 3.8) is 0 Å². The molecule has 0 atom stereocenters. The van der Waals surface area contributed by atoms with Gasteiger partial charge in [-0.2, -0.15) is 0 Å². The summed E-state index contributed by atoms with van der Waals surface area (Å²) in [4.78, 5) is 24.5. The third-order valence-corrected chi connectivity index (χ3v) is 2.92. The summed E-state index contributed by atoms with van der Waals surface area (Å²) < 4.78 is 5.06. The van der Waals surface area contributed by atoms with Gasteiger partial charge in [-0.3, -0.25) is 9.59 Å². The van der Waals surface area contributed by atoms with Gasteiger partial charge in [0.1, 0.15) is 12.3 Å². The molecule has 0 saturated carbocycles. The predicted octanol–water partition coefficient (Wildman–Crippen LogP) is 1.95. The number of hydrogen-bond acceptors (Lipinski definition) is 3. The Bertz CT molecular complexity index is 474. The topological polar surface area (TPSA) is 66.8 Å². The number of carboxylic acids is 1. The number of nitrogens with zero attached hydrogens (tertiary/aromatic N) is 1. The first kappa shape index (κ1) is 16.0. The number of ether oxygens (including phenoxy) is 1. The number of carbonyl (C=O) groups excluding carboxylic acids is 1. The second-order valence-corrected chi connectivity index (χ2v) is 5.57. The van der Waals surface area contributed by atoms with Gasteiger partial charge in [0.15, 0.2) is 0 Å². The van der Waals surface area contributed by atoms with Crippen molar-refractivity contribution in [2.45, 2.75) is 32.7 Å². The molecule has 0 radical (unpaired) electrons. The first-order valence-electron chi connectivity index (χ1n) is 6.39. The van der Waals surface area contributed by atoms with E-state index >= 15 is 0 Å². The summed E-state index contributed by atoms with van der Waals surface area (Å²) in [5.74, 6) is -0.493. The average molecular weight is 279 g/mol. The third-order valence-electron chi connectivity index (χ3n) is 2.92. The summed E-state index contributed by atoms with van der Waals surface area (Å²) in [6.07, 6.45) is 0.175. The molecule has 0 aliphatic rings. The van der Waals surface area contributed by atoms with Crippen LogP contribution in [0.3, 0.4) is 0 Å². The van der Waals surface area contributed by atoms with Crippen molar-refractivity contribution in [2.24, 2.45) is 0 Å². The third kappa shape index (κ3) is 4.57. The molecule has 1 aromatic rings. The minimum atomic E-state index is -1.01. The van der Waals surface area contributed by atoms with Crippen LogP contribution in [-0.2, 0) is 16.0 Å².